The number of anilines is 1. The molecule has 0 saturated carbocycles. The summed E-state index contributed by atoms with van der Waals surface area (Å²) in [5.74, 6) is -3.09. The molecule has 0 spiro atoms. The van der Waals surface area contributed by atoms with Crippen molar-refractivity contribution in [2.24, 2.45) is 0 Å². The molecule has 1 aliphatic rings. The number of hydrogen-bond acceptors (Lipinski definition) is 5. The fourth-order valence-corrected chi connectivity index (χ4v) is 3.36. The molecule has 0 bridgehead atoms. The SMILES string of the molecule is O=C(COC(=O)CN1C(=O)c2cc(Cl)c(Cl)cc2C1=O)Nc1c(Cl)cccc1Cl. The lowest BCUT2D eigenvalue weighted by molar-refractivity contribution is -0.147. The minimum Gasteiger partial charge on any atom is -0.454 e. The molecule has 0 radical (unpaired) electrons. The van der Waals surface area contributed by atoms with Crippen molar-refractivity contribution in [1.82, 2.24) is 4.90 Å². The van der Waals surface area contributed by atoms with Gasteiger partial charge in [0.1, 0.15) is 6.54 Å². The van der Waals surface area contributed by atoms with Crippen LogP contribution in [0.15, 0.2) is 30.3 Å². The molecule has 7 nitrogen and oxygen atoms in total. The van der Waals surface area contributed by atoms with Gasteiger partial charge >= 0.3 is 5.97 Å². The number of nitrogens with zero attached hydrogens (tertiary/aromatic N) is 1. The van der Waals surface area contributed by atoms with Gasteiger partial charge in [0.2, 0.25) is 0 Å². The Morgan fingerprint density at radius 1 is 0.897 bits per heavy atom. The third-order valence-corrected chi connectivity index (χ3v) is 5.24. The maximum Gasteiger partial charge on any atom is 0.326 e. The zero-order valence-corrected chi connectivity index (χ0v) is 17.3. The van der Waals surface area contributed by atoms with Crippen LogP contribution in [0.3, 0.4) is 0 Å². The first-order valence-corrected chi connectivity index (χ1v) is 9.45. The lowest BCUT2D eigenvalue weighted by Crippen LogP contribution is -2.36. The van der Waals surface area contributed by atoms with Gasteiger partial charge in [0.05, 0.1) is 36.9 Å². The number of ether oxygens (including phenoxy) is 1. The molecular formula is C18H10Cl4N2O5. The number of fused-ring (bicyclic) bond motifs is 1. The largest absolute Gasteiger partial charge is 0.454 e. The van der Waals surface area contributed by atoms with Gasteiger partial charge in [-0.05, 0) is 24.3 Å². The van der Waals surface area contributed by atoms with Gasteiger partial charge in [0.25, 0.3) is 17.7 Å². The van der Waals surface area contributed by atoms with Gasteiger partial charge in [-0.25, -0.2) is 0 Å². The molecule has 0 aromatic heterocycles. The van der Waals surface area contributed by atoms with Crippen LogP contribution in [-0.4, -0.2) is 41.7 Å². The van der Waals surface area contributed by atoms with E-state index in [-0.39, 0.29) is 36.9 Å². The molecule has 1 heterocycles. The van der Waals surface area contributed by atoms with E-state index in [0.29, 0.717) is 4.90 Å². The van der Waals surface area contributed by atoms with E-state index in [4.69, 9.17) is 51.1 Å². The Morgan fingerprint density at radius 2 is 1.41 bits per heavy atom. The zero-order chi connectivity index (χ0) is 21.3. The van der Waals surface area contributed by atoms with Crippen molar-refractivity contribution >= 4 is 75.8 Å². The Labute approximate surface area is 184 Å². The van der Waals surface area contributed by atoms with Crippen LogP contribution in [0.25, 0.3) is 0 Å². The maximum atomic E-state index is 12.3. The first kappa shape index (κ1) is 21.4. The lowest BCUT2D eigenvalue weighted by atomic mass is 10.1. The van der Waals surface area contributed by atoms with E-state index in [9.17, 15) is 19.2 Å². The predicted octanol–water partition coefficient (Wildman–Crippen LogP) is 4.08. The normalized spacial score (nSPS) is 12.8. The fraction of sp³-hybridized carbons (Fsp3) is 0.111. The molecule has 1 N–H and O–H groups in total. The van der Waals surface area contributed by atoms with E-state index in [1.807, 2.05) is 0 Å². The second-order valence-electron chi connectivity index (χ2n) is 5.81. The summed E-state index contributed by atoms with van der Waals surface area (Å²) in [7, 11) is 0. The van der Waals surface area contributed by atoms with E-state index < -0.39 is 36.8 Å². The van der Waals surface area contributed by atoms with Gasteiger partial charge < -0.3 is 10.1 Å². The predicted molar refractivity (Wildman–Crippen MR) is 108 cm³/mol. The quantitative estimate of drug-likeness (QED) is 0.519. The Kier molecular flexibility index (Phi) is 6.33. The number of carbonyl (C=O) groups excluding carboxylic acids is 4. The van der Waals surface area contributed by atoms with Gasteiger partial charge in [0, 0.05) is 0 Å². The number of imide groups is 1. The third kappa shape index (κ3) is 4.48. The average molecular weight is 476 g/mol. The summed E-state index contributed by atoms with van der Waals surface area (Å²) in [6, 6.07) is 7.16. The van der Waals surface area contributed by atoms with Gasteiger partial charge in [-0.15, -0.1) is 0 Å². The topological polar surface area (TPSA) is 92.8 Å². The van der Waals surface area contributed by atoms with Crippen LogP contribution in [-0.2, 0) is 14.3 Å². The van der Waals surface area contributed by atoms with Crippen molar-refractivity contribution in [3.63, 3.8) is 0 Å². The van der Waals surface area contributed by atoms with Crippen LogP contribution in [0.2, 0.25) is 20.1 Å². The Bertz CT molecular complexity index is 996. The average Bonchev–Trinajstić information content (AvgIpc) is 2.88. The third-order valence-electron chi connectivity index (χ3n) is 3.89. The van der Waals surface area contributed by atoms with Gasteiger partial charge in [-0.3, -0.25) is 24.1 Å². The molecule has 0 fully saturated rings. The molecule has 150 valence electrons. The number of para-hydroxylation sites is 1. The summed E-state index contributed by atoms with van der Waals surface area (Å²) < 4.78 is 4.83. The van der Waals surface area contributed by atoms with Gasteiger partial charge in [-0.2, -0.15) is 0 Å². The summed E-state index contributed by atoms with van der Waals surface area (Å²) in [5.41, 5.74) is 0.234. The van der Waals surface area contributed by atoms with Crippen LogP contribution in [0.5, 0.6) is 0 Å². The summed E-state index contributed by atoms with van der Waals surface area (Å²) in [6.45, 7) is -1.34. The van der Waals surface area contributed by atoms with Crippen molar-refractivity contribution in [3.8, 4) is 0 Å². The monoisotopic (exact) mass is 474 g/mol. The highest BCUT2D eigenvalue weighted by Gasteiger charge is 2.37. The molecule has 0 saturated heterocycles. The molecule has 3 rings (SSSR count). The number of benzene rings is 2. The summed E-state index contributed by atoms with van der Waals surface area (Å²) >= 11 is 23.6. The van der Waals surface area contributed by atoms with E-state index in [1.54, 1.807) is 6.07 Å². The molecule has 0 aliphatic carbocycles. The molecule has 2 aromatic rings. The van der Waals surface area contributed by atoms with E-state index in [1.165, 1.54) is 24.3 Å². The maximum absolute atomic E-state index is 12.3. The Hall–Kier alpha value is -2.32. The summed E-state index contributed by atoms with van der Waals surface area (Å²) in [5, 5.41) is 3.04. The van der Waals surface area contributed by atoms with Gasteiger partial charge in [0.15, 0.2) is 6.61 Å². The van der Waals surface area contributed by atoms with E-state index in [0.717, 1.165) is 0 Å². The van der Waals surface area contributed by atoms with Crippen LogP contribution < -0.4 is 5.32 Å². The molecule has 3 amide bonds. The van der Waals surface area contributed by atoms with E-state index >= 15 is 0 Å². The Balaban J connectivity index is 1.59. The molecule has 0 unspecified atom stereocenters. The Morgan fingerprint density at radius 3 is 1.93 bits per heavy atom. The zero-order valence-electron chi connectivity index (χ0n) is 14.3. The number of hydrogen-bond donors (Lipinski definition) is 1. The highest BCUT2D eigenvalue weighted by molar-refractivity contribution is 6.43. The fourth-order valence-electron chi connectivity index (χ4n) is 2.54. The standard InChI is InChI=1S/C18H10Cl4N2O5/c19-10-2-1-3-11(20)16(10)23-14(25)7-29-15(26)6-24-17(27)8-4-12(21)13(22)5-9(8)18(24)28/h1-5H,6-7H2,(H,23,25). The van der Waals surface area contributed by atoms with Crippen molar-refractivity contribution in [3.05, 3.63) is 61.5 Å². The first-order valence-electron chi connectivity index (χ1n) is 7.93. The van der Waals surface area contributed by atoms with Crippen molar-refractivity contribution in [2.45, 2.75) is 0 Å². The first-order chi connectivity index (χ1) is 13.7. The minimum atomic E-state index is -0.961. The number of carbonyl (C=O) groups is 4. The van der Waals surface area contributed by atoms with Crippen molar-refractivity contribution in [1.29, 1.82) is 0 Å². The highest BCUT2D eigenvalue weighted by atomic mass is 35.5. The van der Waals surface area contributed by atoms with Gasteiger partial charge in [-0.1, -0.05) is 52.5 Å². The second-order valence-corrected chi connectivity index (χ2v) is 7.44. The molecule has 0 atom stereocenters. The molecular weight excluding hydrogens is 466 g/mol. The highest BCUT2D eigenvalue weighted by Crippen LogP contribution is 2.31. The molecule has 2 aromatic carbocycles. The molecule has 1 aliphatic heterocycles. The number of halogens is 4. The van der Waals surface area contributed by atoms with E-state index in [2.05, 4.69) is 5.32 Å². The van der Waals surface area contributed by atoms with Crippen molar-refractivity contribution in [2.75, 3.05) is 18.5 Å². The van der Waals surface area contributed by atoms with Crippen LogP contribution in [0, 0.1) is 0 Å². The summed E-state index contributed by atoms with van der Waals surface area (Å²) in [4.78, 5) is 49.3. The number of nitrogens with one attached hydrogen (secondary N) is 1. The number of esters is 1. The smallest absolute Gasteiger partial charge is 0.326 e. The number of amides is 3. The van der Waals surface area contributed by atoms with Crippen LogP contribution in [0.1, 0.15) is 20.7 Å². The van der Waals surface area contributed by atoms with Crippen LogP contribution >= 0.6 is 46.4 Å². The van der Waals surface area contributed by atoms with Crippen molar-refractivity contribution < 1.29 is 23.9 Å². The second kappa shape index (κ2) is 8.59. The number of rotatable bonds is 5. The minimum absolute atomic E-state index is 0.0308. The lowest BCUT2D eigenvalue weighted by Gasteiger charge is -2.13. The summed E-state index contributed by atoms with van der Waals surface area (Å²) in [6.07, 6.45) is 0. The molecule has 11 heteroatoms. The van der Waals surface area contributed by atoms with Crippen LogP contribution in [0.4, 0.5) is 5.69 Å². The molecule has 29 heavy (non-hydrogen) atoms.